The maximum Gasteiger partial charge on any atom is 0.319 e. The molecule has 0 aliphatic carbocycles. The van der Waals surface area contributed by atoms with Crippen molar-refractivity contribution in [3.8, 4) is 23.7 Å². The van der Waals surface area contributed by atoms with Crippen LogP contribution in [0.15, 0.2) is 36.4 Å². The maximum atomic E-state index is 12.6. The maximum absolute atomic E-state index is 12.6. The molecule has 0 aliphatic rings. The molecule has 1 heterocycles. The van der Waals surface area contributed by atoms with Gasteiger partial charge in [0.15, 0.2) is 0 Å². The fourth-order valence-electron chi connectivity index (χ4n) is 5.96. The Morgan fingerprint density at radius 3 is 1.53 bits per heavy atom. The van der Waals surface area contributed by atoms with Crippen LogP contribution >= 0.6 is 19.0 Å². The Bertz CT molecular complexity index is 1890. The molecular weight excluding hydrogens is 871 g/mol. The first kappa shape index (κ1) is 55.3. The number of pyridine rings is 1. The van der Waals surface area contributed by atoms with Crippen LogP contribution in [0.5, 0.6) is 5.75 Å². The van der Waals surface area contributed by atoms with E-state index in [4.69, 9.17) is 49.5 Å². The van der Waals surface area contributed by atoms with Gasteiger partial charge >= 0.3 is 17.9 Å². The van der Waals surface area contributed by atoms with Gasteiger partial charge in [0.2, 0.25) is 0 Å². The van der Waals surface area contributed by atoms with Crippen molar-refractivity contribution in [3.63, 3.8) is 0 Å². The number of esters is 3. The fraction of sp³-hybridized carbons (Fsp3) is 0.545. The molecule has 0 fully saturated rings. The number of methoxy groups -OCH3 is 3. The van der Waals surface area contributed by atoms with E-state index in [0.717, 1.165) is 6.42 Å². The summed E-state index contributed by atoms with van der Waals surface area (Å²) in [7, 11) is 2.23. The lowest BCUT2D eigenvalue weighted by Gasteiger charge is -2.27. The van der Waals surface area contributed by atoms with Crippen LogP contribution in [0.1, 0.15) is 62.5 Å². The molecular formula is C44H60ClN6O12P. The second-order valence-electron chi connectivity index (χ2n) is 14.6. The zero-order valence-electron chi connectivity index (χ0n) is 37.6. The summed E-state index contributed by atoms with van der Waals surface area (Å²) in [5, 5.41) is 8.59. The highest BCUT2D eigenvalue weighted by molar-refractivity contribution is 7.76. The van der Waals surface area contributed by atoms with E-state index in [0.29, 0.717) is 61.0 Å². The first-order valence-corrected chi connectivity index (χ1v) is 22.6. The highest BCUT2D eigenvalue weighted by Gasteiger charge is 2.21. The van der Waals surface area contributed by atoms with Gasteiger partial charge < -0.3 is 28.0 Å². The summed E-state index contributed by atoms with van der Waals surface area (Å²) in [4.78, 5) is 85.2. The predicted octanol–water partition coefficient (Wildman–Crippen LogP) is 3.55. The van der Waals surface area contributed by atoms with Crippen molar-refractivity contribution in [3.05, 3.63) is 58.9 Å². The number of carbonyl (C=O) groups is 6. The quantitative estimate of drug-likeness (QED) is 0.0338. The SMILES string of the molecule is COC(=O)CN(CCN(CC(=O)OC)Cc1cc(C#Cc2ccc(OCCCCOP(Cl)OCCC#N)cc2)cc(CN(CCN(CC(C)=O)CC(C)=O)CC(C)=O)n1)CC(=O)OC. The van der Waals surface area contributed by atoms with Crippen molar-refractivity contribution in [1.82, 2.24) is 24.6 Å². The molecule has 0 saturated carbocycles. The molecule has 0 radical (unpaired) electrons. The molecule has 1 atom stereocenters. The zero-order chi connectivity index (χ0) is 47.3. The van der Waals surface area contributed by atoms with Crippen molar-refractivity contribution in [2.75, 3.05) is 107 Å². The van der Waals surface area contributed by atoms with E-state index < -0.39 is 25.6 Å². The summed E-state index contributed by atoms with van der Waals surface area (Å²) in [6.45, 7) is 6.71. The molecule has 0 saturated heterocycles. The van der Waals surface area contributed by atoms with Crippen LogP contribution in [0.4, 0.5) is 0 Å². The fourth-order valence-corrected chi connectivity index (χ4v) is 6.96. The van der Waals surface area contributed by atoms with E-state index in [9.17, 15) is 28.8 Å². The molecule has 1 unspecified atom stereocenters. The van der Waals surface area contributed by atoms with E-state index in [1.165, 1.54) is 42.1 Å². The van der Waals surface area contributed by atoms with Crippen LogP contribution in [0.3, 0.4) is 0 Å². The summed E-state index contributed by atoms with van der Waals surface area (Å²) in [6.07, 6.45) is 1.68. The second kappa shape index (κ2) is 31.9. The van der Waals surface area contributed by atoms with Gasteiger partial charge in [-0.3, -0.25) is 53.4 Å². The molecule has 0 aliphatic heterocycles. The minimum atomic E-state index is -1.54. The van der Waals surface area contributed by atoms with E-state index in [1.807, 2.05) is 41.3 Å². The molecule has 0 bridgehead atoms. The smallest absolute Gasteiger partial charge is 0.319 e. The van der Waals surface area contributed by atoms with E-state index in [-0.39, 0.29) is 95.8 Å². The molecule has 20 heteroatoms. The number of nitriles is 1. The Hall–Kier alpha value is -4.88. The van der Waals surface area contributed by atoms with Gasteiger partial charge in [-0.05, 0) is 81.3 Å². The summed E-state index contributed by atoms with van der Waals surface area (Å²) < 4.78 is 31.1. The van der Waals surface area contributed by atoms with Gasteiger partial charge in [0.05, 0.1) is 104 Å². The first-order valence-electron chi connectivity index (χ1n) is 20.5. The molecule has 1 aromatic heterocycles. The number of ketones is 3. The zero-order valence-corrected chi connectivity index (χ0v) is 39.2. The van der Waals surface area contributed by atoms with Gasteiger partial charge in [0.1, 0.15) is 23.1 Å². The molecule has 64 heavy (non-hydrogen) atoms. The van der Waals surface area contributed by atoms with Gasteiger partial charge in [0.25, 0.3) is 7.73 Å². The van der Waals surface area contributed by atoms with Gasteiger partial charge in [-0.15, -0.1) is 0 Å². The Morgan fingerprint density at radius 1 is 0.609 bits per heavy atom. The van der Waals surface area contributed by atoms with Crippen LogP contribution in [-0.2, 0) is 65.1 Å². The summed E-state index contributed by atoms with van der Waals surface area (Å²) in [5.74, 6) is 5.19. The highest BCUT2D eigenvalue weighted by atomic mass is 35.7. The van der Waals surface area contributed by atoms with Gasteiger partial charge in [-0.25, -0.2) is 0 Å². The van der Waals surface area contributed by atoms with Crippen molar-refractivity contribution >= 4 is 54.2 Å². The van der Waals surface area contributed by atoms with Crippen LogP contribution in [0, 0.1) is 23.2 Å². The lowest BCUT2D eigenvalue weighted by Crippen LogP contribution is -2.42. The van der Waals surface area contributed by atoms with E-state index in [1.54, 1.807) is 20.8 Å². The summed E-state index contributed by atoms with van der Waals surface area (Å²) >= 11 is 5.99. The number of carbonyl (C=O) groups excluding carboxylic acids is 6. The molecule has 2 rings (SSSR count). The Kier molecular flexibility index (Phi) is 27.5. The van der Waals surface area contributed by atoms with Crippen LogP contribution in [0.2, 0.25) is 0 Å². The van der Waals surface area contributed by atoms with E-state index in [2.05, 4.69) is 11.8 Å². The Labute approximate surface area is 382 Å². The summed E-state index contributed by atoms with van der Waals surface area (Å²) in [5.41, 5.74) is 2.43. The standard InChI is InChI=1S/C44H60ClN6O12P/c1-34(52)26-48(27-35(2)53)17-18-49(28-36(3)54)29-39-24-38(11-10-37-12-14-41(15-13-37)61-21-7-8-22-62-64(45)63-23-9-16-46)25-40(47-39)30-50(31-42(55)58-4)19-20-51(32-43(56)59-5)33-44(57)60-6/h12-15,24-25H,7-9,17-23,26-33H2,1-6H3. The van der Waals surface area contributed by atoms with Gasteiger partial charge in [0, 0.05) is 50.4 Å². The normalized spacial score (nSPS) is 11.5. The van der Waals surface area contributed by atoms with Gasteiger partial charge in [-0.2, -0.15) is 5.26 Å². The number of hydrogen-bond donors (Lipinski definition) is 0. The predicted molar refractivity (Wildman–Crippen MR) is 238 cm³/mol. The first-order chi connectivity index (χ1) is 30.6. The number of rotatable bonds is 32. The minimum absolute atomic E-state index is 0.0849. The molecule has 2 aromatic rings. The lowest BCUT2D eigenvalue weighted by molar-refractivity contribution is -0.147. The number of hydrogen-bond acceptors (Lipinski definition) is 18. The number of unbranched alkanes of at least 4 members (excludes halogenated alkanes) is 1. The minimum Gasteiger partial charge on any atom is -0.494 e. The van der Waals surface area contributed by atoms with Crippen molar-refractivity contribution in [2.45, 2.75) is 53.1 Å². The van der Waals surface area contributed by atoms with E-state index >= 15 is 0 Å². The third kappa shape index (κ3) is 25.4. The molecule has 0 spiro atoms. The second-order valence-corrected chi connectivity index (χ2v) is 16.4. The van der Waals surface area contributed by atoms with Crippen molar-refractivity contribution < 1.29 is 56.8 Å². The average Bonchev–Trinajstić information content (AvgIpc) is 3.24. The van der Waals surface area contributed by atoms with Gasteiger partial charge in [-0.1, -0.05) is 11.8 Å². The summed E-state index contributed by atoms with van der Waals surface area (Å²) in [6, 6.07) is 12.9. The number of halogens is 1. The number of Topliss-reactive ketones (excluding diaryl/α,β-unsaturated/α-hetero) is 3. The molecule has 350 valence electrons. The lowest BCUT2D eigenvalue weighted by atomic mass is 10.1. The molecule has 0 amide bonds. The Balaban J connectivity index is 2.39. The average molecular weight is 931 g/mol. The number of benzene rings is 1. The third-order valence-corrected chi connectivity index (χ3v) is 10.2. The molecule has 18 nitrogen and oxygen atoms in total. The van der Waals surface area contributed by atoms with Crippen LogP contribution in [0.25, 0.3) is 0 Å². The van der Waals surface area contributed by atoms with Crippen LogP contribution in [-0.4, -0.2) is 166 Å². The molecule has 1 aromatic carbocycles. The van der Waals surface area contributed by atoms with Crippen LogP contribution < -0.4 is 4.74 Å². The largest absolute Gasteiger partial charge is 0.494 e. The van der Waals surface area contributed by atoms with Crippen molar-refractivity contribution in [1.29, 1.82) is 5.26 Å². The molecule has 0 N–H and O–H groups in total. The van der Waals surface area contributed by atoms with Crippen molar-refractivity contribution in [2.24, 2.45) is 0 Å². The number of ether oxygens (including phenoxy) is 4. The Morgan fingerprint density at radius 2 is 1.03 bits per heavy atom. The monoisotopic (exact) mass is 930 g/mol. The number of nitrogens with zero attached hydrogens (tertiary/aromatic N) is 6. The third-order valence-electron chi connectivity index (χ3n) is 8.86. The number of aromatic nitrogens is 1. The topological polar surface area (TPSA) is 207 Å². The highest BCUT2D eigenvalue weighted by Crippen LogP contribution is 2.43.